The molecule has 0 aliphatic rings. The molecule has 0 spiro atoms. The predicted octanol–water partition coefficient (Wildman–Crippen LogP) is 3.50. The van der Waals surface area contributed by atoms with Crippen molar-refractivity contribution in [1.82, 2.24) is 4.98 Å². The number of aryl methyl sites for hydroxylation is 2. The average molecular weight is 296 g/mol. The van der Waals surface area contributed by atoms with E-state index in [9.17, 15) is 4.79 Å². The summed E-state index contributed by atoms with van der Waals surface area (Å²) in [5.41, 5.74) is 7.42. The van der Waals surface area contributed by atoms with Crippen molar-refractivity contribution in [3.8, 4) is 0 Å². The number of nitrogen functional groups attached to an aromatic ring is 1. The van der Waals surface area contributed by atoms with E-state index in [0.717, 1.165) is 17.0 Å². The first-order valence-corrected chi connectivity index (χ1v) is 7.04. The number of anilines is 2. The molecule has 100 valence electrons. The van der Waals surface area contributed by atoms with Crippen molar-refractivity contribution in [3.63, 3.8) is 0 Å². The molecule has 0 fully saturated rings. The van der Waals surface area contributed by atoms with Crippen molar-refractivity contribution in [1.29, 1.82) is 0 Å². The maximum Gasteiger partial charge on any atom is 0.259 e. The fourth-order valence-corrected chi connectivity index (χ4v) is 2.81. The number of hydrogen-bond acceptors (Lipinski definition) is 4. The minimum absolute atomic E-state index is 0.268. The summed E-state index contributed by atoms with van der Waals surface area (Å²) in [6.07, 6.45) is 0.844. The molecule has 0 bridgehead atoms. The van der Waals surface area contributed by atoms with Gasteiger partial charge in [0.2, 0.25) is 0 Å². The Bertz CT molecular complexity index is 624. The maximum atomic E-state index is 12.1. The van der Waals surface area contributed by atoms with E-state index in [1.807, 2.05) is 13.8 Å². The molecule has 1 amide bonds. The minimum Gasteiger partial charge on any atom is -0.398 e. The summed E-state index contributed by atoms with van der Waals surface area (Å²) in [4.78, 5) is 17.6. The third-order valence-electron chi connectivity index (χ3n) is 2.72. The number of carbonyl (C=O) groups excluding carboxylic acids is 1. The smallest absolute Gasteiger partial charge is 0.259 e. The molecular formula is C13H14ClN3OS. The molecule has 1 aromatic heterocycles. The third-order valence-corrected chi connectivity index (χ3v) is 4.07. The van der Waals surface area contributed by atoms with E-state index in [1.54, 1.807) is 18.2 Å². The topological polar surface area (TPSA) is 68.0 Å². The first kappa shape index (κ1) is 13.8. The normalized spacial score (nSPS) is 10.5. The average Bonchev–Trinajstić information content (AvgIpc) is 2.72. The van der Waals surface area contributed by atoms with Crippen LogP contribution >= 0.6 is 22.9 Å². The number of carbonyl (C=O) groups is 1. The first-order chi connectivity index (χ1) is 9.02. The molecule has 0 radical (unpaired) electrons. The van der Waals surface area contributed by atoms with Gasteiger partial charge in [-0.05, 0) is 25.5 Å². The standard InChI is InChI=1S/C13H14ClN3OS/c1-3-10-7(2)19-13(16-10)17-12(18)8-5-4-6-9(15)11(8)14/h4-6H,3,15H2,1-2H3,(H,16,17,18). The fourth-order valence-electron chi connectivity index (χ4n) is 1.70. The molecule has 0 saturated heterocycles. The van der Waals surface area contributed by atoms with Gasteiger partial charge in [-0.2, -0.15) is 0 Å². The molecule has 4 nitrogen and oxygen atoms in total. The van der Waals surface area contributed by atoms with E-state index in [-0.39, 0.29) is 10.9 Å². The van der Waals surface area contributed by atoms with Crippen molar-refractivity contribution in [2.75, 3.05) is 11.1 Å². The lowest BCUT2D eigenvalue weighted by molar-refractivity contribution is 0.102. The SMILES string of the molecule is CCc1nc(NC(=O)c2cccc(N)c2Cl)sc1C. The molecule has 0 unspecified atom stereocenters. The summed E-state index contributed by atoms with van der Waals surface area (Å²) < 4.78 is 0. The molecule has 6 heteroatoms. The lowest BCUT2D eigenvalue weighted by atomic mass is 10.2. The molecule has 0 atom stereocenters. The van der Waals surface area contributed by atoms with Crippen LogP contribution in [0.2, 0.25) is 5.02 Å². The highest BCUT2D eigenvalue weighted by atomic mass is 35.5. The second-order valence-corrected chi connectivity index (χ2v) is 5.62. The van der Waals surface area contributed by atoms with E-state index in [2.05, 4.69) is 10.3 Å². The number of hydrogen-bond donors (Lipinski definition) is 2. The van der Waals surface area contributed by atoms with E-state index < -0.39 is 0 Å². The molecule has 2 rings (SSSR count). The maximum absolute atomic E-state index is 12.1. The summed E-state index contributed by atoms with van der Waals surface area (Å²) in [5.74, 6) is -0.297. The number of nitrogens with zero attached hydrogens (tertiary/aromatic N) is 1. The van der Waals surface area contributed by atoms with Crippen LogP contribution in [0.3, 0.4) is 0 Å². The Morgan fingerprint density at radius 3 is 2.89 bits per heavy atom. The van der Waals surface area contributed by atoms with Crippen molar-refractivity contribution >= 4 is 39.7 Å². The van der Waals surface area contributed by atoms with Crippen LogP contribution in [0.5, 0.6) is 0 Å². The summed E-state index contributed by atoms with van der Waals surface area (Å²) in [5, 5.41) is 3.60. The Morgan fingerprint density at radius 1 is 1.53 bits per heavy atom. The van der Waals surface area contributed by atoms with Crippen LogP contribution in [0.4, 0.5) is 10.8 Å². The number of halogens is 1. The zero-order valence-corrected chi connectivity index (χ0v) is 12.2. The van der Waals surface area contributed by atoms with Gasteiger partial charge in [0, 0.05) is 4.88 Å². The molecule has 0 aliphatic carbocycles. The summed E-state index contributed by atoms with van der Waals surface area (Å²) in [7, 11) is 0. The molecule has 2 aromatic rings. The highest BCUT2D eigenvalue weighted by molar-refractivity contribution is 7.15. The van der Waals surface area contributed by atoms with Gasteiger partial charge in [-0.3, -0.25) is 10.1 Å². The van der Waals surface area contributed by atoms with Crippen molar-refractivity contribution < 1.29 is 4.79 Å². The number of benzene rings is 1. The van der Waals surface area contributed by atoms with Gasteiger partial charge in [0.05, 0.1) is 22.0 Å². The van der Waals surface area contributed by atoms with E-state index in [4.69, 9.17) is 17.3 Å². The lowest BCUT2D eigenvalue weighted by Crippen LogP contribution is -2.12. The Kier molecular flexibility index (Phi) is 4.07. The monoisotopic (exact) mass is 295 g/mol. The molecule has 1 aromatic carbocycles. The number of nitrogens with two attached hydrogens (primary N) is 1. The van der Waals surface area contributed by atoms with Crippen LogP contribution in [-0.4, -0.2) is 10.9 Å². The van der Waals surface area contributed by atoms with Crippen LogP contribution in [0, 0.1) is 6.92 Å². The van der Waals surface area contributed by atoms with Gasteiger partial charge < -0.3 is 5.73 Å². The number of rotatable bonds is 3. The van der Waals surface area contributed by atoms with Crippen LogP contribution in [0.15, 0.2) is 18.2 Å². The second-order valence-electron chi connectivity index (χ2n) is 4.04. The summed E-state index contributed by atoms with van der Waals surface area (Å²) in [6, 6.07) is 4.98. The molecular weight excluding hydrogens is 282 g/mol. The highest BCUT2D eigenvalue weighted by Crippen LogP contribution is 2.26. The largest absolute Gasteiger partial charge is 0.398 e. The zero-order valence-electron chi connectivity index (χ0n) is 10.7. The molecule has 19 heavy (non-hydrogen) atoms. The first-order valence-electron chi connectivity index (χ1n) is 5.84. The Labute approximate surface area is 120 Å². The van der Waals surface area contributed by atoms with Crippen LogP contribution in [-0.2, 0) is 6.42 Å². The quantitative estimate of drug-likeness (QED) is 0.852. The minimum atomic E-state index is -0.297. The molecule has 0 aliphatic heterocycles. The summed E-state index contributed by atoms with van der Waals surface area (Å²) >= 11 is 7.47. The third kappa shape index (κ3) is 2.88. The van der Waals surface area contributed by atoms with Crippen LogP contribution in [0.25, 0.3) is 0 Å². The number of aromatic nitrogens is 1. The van der Waals surface area contributed by atoms with Gasteiger partial charge in [0.25, 0.3) is 5.91 Å². The number of amides is 1. The van der Waals surface area contributed by atoms with Crippen molar-refractivity contribution in [3.05, 3.63) is 39.4 Å². The van der Waals surface area contributed by atoms with E-state index in [1.165, 1.54) is 11.3 Å². The van der Waals surface area contributed by atoms with Crippen LogP contribution < -0.4 is 11.1 Å². The van der Waals surface area contributed by atoms with Crippen molar-refractivity contribution in [2.24, 2.45) is 0 Å². The fraction of sp³-hybridized carbons (Fsp3) is 0.231. The Morgan fingerprint density at radius 2 is 2.26 bits per heavy atom. The van der Waals surface area contributed by atoms with Gasteiger partial charge in [-0.25, -0.2) is 4.98 Å². The molecule has 3 N–H and O–H groups in total. The van der Waals surface area contributed by atoms with Gasteiger partial charge in [0.1, 0.15) is 0 Å². The van der Waals surface area contributed by atoms with Crippen molar-refractivity contribution in [2.45, 2.75) is 20.3 Å². The van der Waals surface area contributed by atoms with Gasteiger partial charge in [-0.15, -0.1) is 11.3 Å². The Balaban J connectivity index is 2.23. The number of nitrogens with one attached hydrogen (secondary N) is 1. The lowest BCUT2D eigenvalue weighted by Gasteiger charge is -2.05. The highest BCUT2D eigenvalue weighted by Gasteiger charge is 2.14. The molecule has 1 heterocycles. The van der Waals surface area contributed by atoms with Gasteiger partial charge in [-0.1, -0.05) is 24.6 Å². The van der Waals surface area contributed by atoms with E-state index >= 15 is 0 Å². The second kappa shape index (κ2) is 5.59. The summed E-state index contributed by atoms with van der Waals surface area (Å²) in [6.45, 7) is 4.02. The predicted molar refractivity (Wildman–Crippen MR) is 80.0 cm³/mol. The van der Waals surface area contributed by atoms with Crippen LogP contribution in [0.1, 0.15) is 27.9 Å². The molecule has 0 saturated carbocycles. The van der Waals surface area contributed by atoms with Gasteiger partial charge in [0.15, 0.2) is 5.13 Å². The Hall–Kier alpha value is -1.59. The zero-order chi connectivity index (χ0) is 14.0. The van der Waals surface area contributed by atoms with E-state index in [0.29, 0.717) is 16.4 Å². The number of thiazole rings is 1. The van der Waals surface area contributed by atoms with Gasteiger partial charge >= 0.3 is 0 Å².